The van der Waals surface area contributed by atoms with Crippen LogP contribution in [0.5, 0.6) is 0 Å². The Balaban J connectivity index is 1.39. The summed E-state index contributed by atoms with van der Waals surface area (Å²) in [4.78, 5) is 15.5. The second-order valence-corrected chi connectivity index (χ2v) is 10.8. The van der Waals surface area contributed by atoms with Crippen molar-refractivity contribution in [2.75, 3.05) is 0 Å². The lowest BCUT2D eigenvalue weighted by molar-refractivity contribution is 0.0621. The van der Waals surface area contributed by atoms with Crippen molar-refractivity contribution in [2.24, 2.45) is 11.8 Å². The maximum absolute atomic E-state index is 11.0. The van der Waals surface area contributed by atoms with Crippen molar-refractivity contribution in [1.82, 2.24) is 4.98 Å². The summed E-state index contributed by atoms with van der Waals surface area (Å²) in [6, 6.07) is 8.31. The van der Waals surface area contributed by atoms with E-state index in [1.165, 1.54) is 29.5 Å². The zero-order valence-electron chi connectivity index (χ0n) is 16.7. The first-order chi connectivity index (χ1) is 14.4. The molecule has 2 saturated carbocycles. The molecule has 5 unspecified atom stereocenters. The molecule has 1 aromatic carbocycles. The molecule has 0 bridgehead atoms. The van der Waals surface area contributed by atoms with Gasteiger partial charge in [-0.15, -0.1) is 34.5 Å². The fourth-order valence-electron chi connectivity index (χ4n) is 4.80. The standard InChI is InChI=1S/C23H27Cl2NO3S/c24-17-11-18(25)21(13-7-9-15(10-8-13)22(27)14-3-1-4-14)16(17)5-2-6-20-26-12-19(30-20)23(28)29/h7-10,12,14,16-18,21-22,27H,1-6,11H2,(H,28,29). The van der Waals surface area contributed by atoms with E-state index in [9.17, 15) is 9.90 Å². The number of benzene rings is 1. The molecule has 7 heteroatoms. The summed E-state index contributed by atoms with van der Waals surface area (Å²) in [5.74, 6) is -0.0627. The van der Waals surface area contributed by atoms with Gasteiger partial charge in [-0.05, 0) is 61.5 Å². The van der Waals surface area contributed by atoms with Crippen LogP contribution < -0.4 is 0 Å². The molecule has 2 aromatic rings. The van der Waals surface area contributed by atoms with E-state index in [1.807, 2.05) is 12.1 Å². The van der Waals surface area contributed by atoms with Crippen molar-refractivity contribution in [3.63, 3.8) is 0 Å². The van der Waals surface area contributed by atoms with Gasteiger partial charge >= 0.3 is 5.97 Å². The monoisotopic (exact) mass is 467 g/mol. The Labute approximate surface area is 191 Å². The molecular weight excluding hydrogens is 441 g/mol. The molecule has 0 amide bonds. The van der Waals surface area contributed by atoms with E-state index < -0.39 is 5.97 Å². The van der Waals surface area contributed by atoms with Gasteiger partial charge in [-0.1, -0.05) is 30.7 Å². The third-order valence-corrected chi connectivity index (χ3v) is 8.71. The number of alkyl halides is 2. The minimum atomic E-state index is -0.925. The quantitative estimate of drug-likeness (QED) is 0.465. The van der Waals surface area contributed by atoms with E-state index >= 15 is 0 Å². The first kappa shape index (κ1) is 22.1. The maximum atomic E-state index is 11.0. The molecule has 2 aliphatic carbocycles. The average Bonchev–Trinajstić information content (AvgIpc) is 3.25. The average molecular weight is 468 g/mol. The van der Waals surface area contributed by atoms with Crippen molar-refractivity contribution in [3.05, 3.63) is 51.5 Å². The second kappa shape index (κ2) is 9.56. The van der Waals surface area contributed by atoms with E-state index in [0.717, 1.165) is 49.1 Å². The van der Waals surface area contributed by atoms with Crippen LogP contribution in [-0.2, 0) is 6.42 Å². The summed E-state index contributed by atoms with van der Waals surface area (Å²) in [5.41, 5.74) is 2.18. The van der Waals surface area contributed by atoms with Gasteiger partial charge in [-0.2, -0.15) is 0 Å². The first-order valence-electron chi connectivity index (χ1n) is 10.7. The Morgan fingerprint density at radius 2 is 1.93 bits per heavy atom. The highest BCUT2D eigenvalue weighted by Crippen LogP contribution is 2.48. The lowest BCUT2D eigenvalue weighted by atomic mass is 9.78. The number of hydrogen-bond donors (Lipinski definition) is 2. The summed E-state index contributed by atoms with van der Waals surface area (Å²) >= 11 is 14.6. The highest BCUT2D eigenvalue weighted by atomic mass is 35.5. The maximum Gasteiger partial charge on any atom is 0.347 e. The van der Waals surface area contributed by atoms with Crippen LogP contribution in [0.25, 0.3) is 0 Å². The number of halogens is 2. The van der Waals surface area contributed by atoms with Gasteiger partial charge < -0.3 is 10.2 Å². The van der Waals surface area contributed by atoms with Crippen LogP contribution in [0, 0.1) is 11.8 Å². The summed E-state index contributed by atoms with van der Waals surface area (Å²) < 4.78 is 0. The predicted octanol–water partition coefficient (Wildman–Crippen LogP) is 6.02. The fourth-order valence-corrected chi connectivity index (χ4v) is 6.69. The number of aromatic nitrogens is 1. The molecule has 1 aromatic heterocycles. The van der Waals surface area contributed by atoms with Crippen LogP contribution in [0.3, 0.4) is 0 Å². The minimum absolute atomic E-state index is 0.00150. The smallest absolute Gasteiger partial charge is 0.347 e. The summed E-state index contributed by atoms with van der Waals surface area (Å²) in [6.45, 7) is 0. The van der Waals surface area contributed by atoms with Crippen molar-refractivity contribution in [2.45, 2.75) is 67.7 Å². The van der Waals surface area contributed by atoms with Crippen molar-refractivity contribution >= 4 is 40.5 Å². The molecule has 0 aliphatic heterocycles. The molecular formula is C23H27Cl2NO3S. The van der Waals surface area contributed by atoms with Crippen LogP contribution in [0.2, 0.25) is 0 Å². The number of aliphatic hydroxyl groups excluding tert-OH is 1. The van der Waals surface area contributed by atoms with Gasteiger partial charge in [-0.3, -0.25) is 0 Å². The van der Waals surface area contributed by atoms with Crippen molar-refractivity contribution in [1.29, 1.82) is 0 Å². The van der Waals surface area contributed by atoms with E-state index in [2.05, 4.69) is 17.1 Å². The van der Waals surface area contributed by atoms with E-state index in [0.29, 0.717) is 5.92 Å². The van der Waals surface area contributed by atoms with E-state index in [-0.39, 0.29) is 33.6 Å². The third kappa shape index (κ3) is 4.69. The van der Waals surface area contributed by atoms with Gasteiger partial charge in [0, 0.05) is 16.7 Å². The number of aryl methyl sites for hydroxylation is 1. The molecule has 2 fully saturated rings. The van der Waals surface area contributed by atoms with Crippen LogP contribution in [0.4, 0.5) is 0 Å². The summed E-state index contributed by atoms with van der Waals surface area (Å²) in [6.07, 6.45) is 7.86. The zero-order chi connectivity index (χ0) is 21.3. The van der Waals surface area contributed by atoms with Crippen LogP contribution in [-0.4, -0.2) is 31.9 Å². The summed E-state index contributed by atoms with van der Waals surface area (Å²) in [5, 5.41) is 20.4. The molecule has 30 heavy (non-hydrogen) atoms. The Hall–Kier alpha value is -1.14. The van der Waals surface area contributed by atoms with Gasteiger partial charge in [0.05, 0.1) is 17.3 Å². The van der Waals surface area contributed by atoms with Crippen molar-refractivity contribution < 1.29 is 15.0 Å². The molecule has 5 atom stereocenters. The number of rotatable bonds is 8. The second-order valence-electron chi connectivity index (χ2n) is 8.58. The highest BCUT2D eigenvalue weighted by molar-refractivity contribution is 7.13. The molecule has 4 rings (SSSR count). The highest BCUT2D eigenvalue weighted by Gasteiger charge is 2.42. The molecule has 0 spiro atoms. The van der Waals surface area contributed by atoms with E-state index in [1.54, 1.807) is 0 Å². The molecule has 162 valence electrons. The molecule has 2 N–H and O–H groups in total. The number of carboxylic acids is 1. The Kier molecular flexibility index (Phi) is 7.03. The van der Waals surface area contributed by atoms with Gasteiger partial charge in [0.2, 0.25) is 0 Å². The Bertz CT molecular complexity index is 868. The number of carboxylic acid groups (broad SMARTS) is 1. The van der Waals surface area contributed by atoms with Gasteiger partial charge in [0.15, 0.2) is 0 Å². The van der Waals surface area contributed by atoms with Crippen LogP contribution in [0.15, 0.2) is 30.5 Å². The number of nitrogens with zero attached hydrogens (tertiary/aromatic N) is 1. The minimum Gasteiger partial charge on any atom is -0.477 e. The molecule has 0 radical (unpaired) electrons. The number of aromatic carboxylic acids is 1. The topological polar surface area (TPSA) is 70.4 Å². The fraction of sp³-hybridized carbons (Fsp3) is 0.565. The molecule has 2 aliphatic rings. The normalized spacial score (nSPS) is 27.7. The number of hydrogen-bond acceptors (Lipinski definition) is 4. The zero-order valence-corrected chi connectivity index (χ0v) is 19.0. The van der Waals surface area contributed by atoms with Gasteiger partial charge in [0.1, 0.15) is 4.88 Å². The lowest BCUT2D eigenvalue weighted by Crippen LogP contribution is -2.20. The molecule has 0 saturated heterocycles. The van der Waals surface area contributed by atoms with Crippen LogP contribution in [0.1, 0.15) is 76.4 Å². The van der Waals surface area contributed by atoms with Crippen LogP contribution >= 0.6 is 34.5 Å². The SMILES string of the molecule is O=C(O)c1cnc(CCCC2C(Cl)CC(Cl)C2c2ccc(C(O)C3CCC3)cc2)s1. The van der Waals surface area contributed by atoms with Crippen molar-refractivity contribution in [3.8, 4) is 0 Å². The predicted molar refractivity (Wildman–Crippen MR) is 121 cm³/mol. The largest absolute Gasteiger partial charge is 0.477 e. The molecule has 1 heterocycles. The van der Waals surface area contributed by atoms with E-state index in [4.69, 9.17) is 28.3 Å². The number of thiazole rings is 1. The summed E-state index contributed by atoms with van der Waals surface area (Å²) in [7, 11) is 0. The lowest BCUT2D eigenvalue weighted by Gasteiger charge is -2.31. The number of carbonyl (C=O) groups is 1. The number of aliphatic hydroxyl groups is 1. The Morgan fingerprint density at radius 1 is 1.20 bits per heavy atom. The Morgan fingerprint density at radius 3 is 2.53 bits per heavy atom. The third-order valence-electron chi connectivity index (χ3n) is 6.72. The van der Waals surface area contributed by atoms with Gasteiger partial charge in [-0.25, -0.2) is 9.78 Å². The van der Waals surface area contributed by atoms with Gasteiger partial charge in [0.25, 0.3) is 0 Å². The molecule has 4 nitrogen and oxygen atoms in total. The first-order valence-corrected chi connectivity index (χ1v) is 12.4.